The second-order valence-corrected chi connectivity index (χ2v) is 4.97. The van der Waals surface area contributed by atoms with E-state index in [1.165, 1.54) is 0 Å². The summed E-state index contributed by atoms with van der Waals surface area (Å²) >= 11 is 1.74. The number of nitriles is 1. The summed E-state index contributed by atoms with van der Waals surface area (Å²) in [6.07, 6.45) is -3.37. The van der Waals surface area contributed by atoms with E-state index >= 15 is 0 Å². The number of anilines is 2. The van der Waals surface area contributed by atoms with Gasteiger partial charge in [0.25, 0.3) is 5.56 Å². The quantitative estimate of drug-likeness (QED) is 0.752. The molecule has 0 radical (unpaired) electrons. The van der Waals surface area contributed by atoms with E-state index in [2.05, 4.69) is 15.3 Å². The van der Waals surface area contributed by atoms with Gasteiger partial charge in [-0.1, -0.05) is 0 Å². The molecule has 1 aromatic heterocycles. The molecule has 0 atom stereocenters. The number of halogens is 4. The number of H-pyrrole nitrogens is 1. The Hall–Kier alpha value is -2.09. The molecule has 2 rings (SSSR count). The Labute approximate surface area is 130 Å². The van der Waals surface area contributed by atoms with Gasteiger partial charge in [0.2, 0.25) is 0 Å². The summed E-state index contributed by atoms with van der Waals surface area (Å²) < 4.78 is 38.0. The number of benzene rings is 1. The van der Waals surface area contributed by atoms with Crippen LogP contribution in [0.5, 0.6) is 0 Å². The van der Waals surface area contributed by atoms with Crippen molar-refractivity contribution in [1.29, 1.82) is 5.26 Å². The van der Waals surface area contributed by atoms with Gasteiger partial charge < -0.3 is 10.3 Å². The normalized spacial score (nSPS) is 11.0. The predicted octanol–water partition coefficient (Wildman–Crippen LogP) is 3.01. The maximum absolute atomic E-state index is 12.6. The molecule has 1 heterocycles. The van der Waals surface area contributed by atoms with Gasteiger partial charge in [0.15, 0.2) is 5.82 Å². The second kappa shape index (κ2) is 5.72. The van der Waals surface area contributed by atoms with Gasteiger partial charge in [-0.3, -0.25) is 4.79 Å². The first-order valence-electron chi connectivity index (χ1n) is 5.44. The molecule has 0 saturated carbocycles. The minimum Gasteiger partial charge on any atom is -0.338 e. The molecule has 5 nitrogen and oxygen atoms in total. The lowest BCUT2D eigenvalue weighted by Crippen LogP contribution is -2.13. The summed E-state index contributed by atoms with van der Waals surface area (Å²) in [4.78, 5) is 17.6. The average Bonchev–Trinajstić information content (AvgIpc) is 2.43. The number of alkyl halides is 3. The molecule has 0 saturated heterocycles. The third-order valence-corrected chi connectivity index (χ3v) is 3.52. The Morgan fingerprint density at radius 2 is 2.10 bits per heavy atom. The molecule has 0 spiro atoms. The van der Waals surface area contributed by atoms with Gasteiger partial charge in [-0.2, -0.15) is 18.4 Å². The summed E-state index contributed by atoms with van der Waals surface area (Å²) in [5.74, 6) is 0.163. The number of rotatable bonds is 2. The minimum atomic E-state index is -4.53. The monoisotopic (exact) mass is 406 g/mol. The molecule has 1 aromatic carbocycles. The van der Waals surface area contributed by atoms with Gasteiger partial charge in [-0.15, -0.1) is 0 Å². The average molecular weight is 406 g/mol. The van der Waals surface area contributed by atoms with E-state index in [1.807, 2.05) is 0 Å². The standard InChI is InChI=1S/C12H6F3IN4O/c13-12(14,15)7-1-2-8(6(3-7)4-17)20-10-9(16)11(21)19-5-18-10/h1-3,5H,(H2,18,19,20,21). The molecular weight excluding hydrogens is 400 g/mol. The Morgan fingerprint density at radius 1 is 1.38 bits per heavy atom. The molecule has 0 amide bonds. The van der Waals surface area contributed by atoms with E-state index in [-0.39, 0.29) is 20.6 Å². The number of aromatic nitrogens is 2. The first-order valence-corrected chi connectivity index (χ1v) is 6.52. The molecular formula is C12H6F3IN4O. The van der Waals surface area contributed by atoms with E-state index < -0.39 is 17.3 Å². The summed E-state index contributed by atoms with van der Waals surface area (Å²) in [7, 11) is 0. The summed E-state index contributed by atoms with van der Waals surface area (Å²) in [6, 6.07) is 4.40. The predicted molar refractivity (Wildman–Crippen MR) is 77.0 cm³/mol. The molecule has 2 N–H and O–H groups in total. The van der Waals surface area contributed by atoms with Crippen LogP contribution in [-0.4, -0.2) is 9.97 Å². The van der Waals surface area contributed by atoms with Crippen molar-refractivity contribution in [3.63, 3.8) is 0 Å². The molecule has 0 aliphatic rings. The highest BCUT2D eigenvalue weighted by Crippen LogP contribution is 2.32. The molecule has 0 bridgehead atoms. The lowest BCUT2D eigenvalue weighted by atomic mass is 10.1. The van der Waals surface area contributed by atoms with E-state index in [0.29, 0.717) is 0 Å². The highest BCUT2D eigenvalue weighted by atomic mass is 127. The van der Waals surface area contributed by atoms with Crippen molar-refractivity contribution in [2.75, 3.05) is 5.32 Å². The first kappa shape index (κ1) is 15.3. The van der Waals surface area contributed by atoms with Gasteiger partial charge in [0, 0.05) is 0 Å². The third kappa shape index (κ3) is 3.33. The first-order chi connectivity index (χ1) is 9.82. The third-order valence-electron chi connectivity index (χ3n) is 2.52. The van der Waals surface area contributed by atoms with Crippen molar-refractivity contribution >= 4 is 34.1 Å². The van der Waals surface area contributed by atoms with Crippen LogP contribution in [0.4, 0.5) is 24.7 Å². The number of nitrogens with one attached hydrogen (secondary N) is 2. The maximum atomic E-state index is 12.6. The molecule has 9 heteroatoms. The highest BCUT2D eigenvalue weighted by Gasteiger charge is 2.31. The van der Waals surface area contributed by atoms with Crippen molar-refractivity contribution in [2.24, 2.45) is 0 Å². The number of aromatic amines is 1. The Kier molecular flexibility index (Phi) is 4.17. The summed E-state index contributed by atoms with van der Waals surface area (Å²) in [5.41, 5.74) is -1.36. The summed E-state index contributed by atoms with van der Waals surface area (Å²) in [6.45, 7) is 0. The highest BCUT2D eigenvalue weighted by molar-refractivity contribution is 14.1. The minimum absolute atomic E-state index is 0.140. The van der Waals surface area contributed by atoms with Crippen LogP contribution in [0.2, 0.25) is 0 Å². The van der Waals surface area contributed by atoms with Gasteiger partial charge >= 0.3 is 6.18 Å². The lowest BCUT2D eigenvalue weighted by Gasteiger charge is -2.11. The fourth-order valence-electron chi connectivity index (χ4n) is 1.52. The van der Waals surface area contributed by atoms with Gasteiger partial charge in [0.05, 0.1) is 23.1 Å². The Morgan fingerprint density at radius 3 is 2.71 bits per heavy atom. The van der Waals surface area contributed by atoms with Crippen molar-refractivity contribution in [3.05, 3.63) is 49.6 Å². The SMILES string of the molecule is N#Cc1cc(C(F)(F)F)ccc1Nc1nc[nH]c(=O)c1I. The molecule has 0 fully saturated rings. The largest absolute Gasteiger partial charge is 0.416 e. The topological polar surface area (TPSA) is 81.6 Å². The van der Waals surface area contributed by atoms with Crippen LogP contribution in [-0.2, 0) is 6.18 Å². The van der Waals surface area contributed by atoms with Crippen LogP contribution in [0.1, 0.15) is 11.1 Å². The van der Waals surface area contributed by atoms with Crippen LogP contribution in [0.15, 0.2) is 29.3 Å². The van der Waals surface area contributed by atoms with Crippen molar-refractivity contribution < 1.29 is 13.2 Å². The second-order valence-electron chi connectivity index (χ2n) is 3.89. The molecule has 108 valence electrons. The Balaban J connectivity index is 2.44. The van der Waals surface area contributed by atoms with Gasteiger partial charge in [-0.25, -0.2) is 4.98 Å². The van der Waals surface area contributed by atoms with Crippen LogP contribution >= 0.6 is 22.6 Å². The van der Waals surface area contributed by atoms with E-state index in [1.54, 1.807) is 28.7 Å². The van der Waals surface area contributed by atoms with Crippen LogP contribution in [0, 0.1) is 14.9 Å². The van der Waals surface area contributed by atoms with Crippen molar-refractivity contribution in [1.82, 2.24) is 9.97 Å². The van der Waals surface area contributed by atoms with Gasteiger partial charge in [-0.05, 0) is 40.8 Å². The van der Waals surface area contributed by atoms with E-state index in [4.69, 9.17) is 5.26 Å². The van der Waals surface area contributed by atoms with Crippen molar-refractivity contribution in [2.45, 2.75) is 6.18 Å². The molecule has 0 aliphatic heterocycles. The maximum Gasteiger partial charge on any atom is 0.416 e. The zero-order chi connectivity index (χ0) is 15.6. The zero-order valence-electron chi connectivity index (χ0n) is 10.1. The molecule has 2 aromatic rings. The Bertz CT molecular complexity index is 779. The number of hydrogen-bond donors (Lipinski definition) is 2. The summed E-state index contributed by atoms with van der Waals surface area (Å²) in [5, 5.41) is 11.6. The number of hydrogen-bond acceptors (Lipinski definition) is 4. The van der Waals surface area contributed by atoms with Gasteiger partial charge in [0.1, 0.15) is 9.64 Å². The van der Waals surface area contributed by atoms with Crippen molar-refractivity contribution in [3.8, 4) is 6.07 Å². The van der Waals surface area contributed by atoms with Crippen LogP contribution in [0.25, 0.3) is 0 Å². The molecule has 0 unspecified atom stereocenters. The fourth-order valence-corrected chi connectivity index (χ4v) is 1.95. The number of nitrogens with zero attached hydrogens (tertiary/aromatic N) is 2. The smallest absolute Gasteiger partial charge is 0.338 e. The van der Waals surface area contributed by atoms with E-state index in [0.717, 1.165) is 24.5 Å². The zero-order valence-corrected chi connectivity index (χ0v) is 12.3. The molecule has 21 heavy (non-hydrogen) atoms. The van der Waals surface area contributed by atoms with Crippen LogP contribution in [0.3, 0.4) is 0 Å². The fraction of sp³-hybridized carbons (Fsp3) is 0.0833. The lowest BCUT2D eigenvalue weighted by molar-refractivity contribution is -0.137. The van der Waals surface area contributed by atoms with Crippen LogP contribution < -0.4 is 10.9 Å². The van der Waals surface area contributed by atoms with E-state index in [9.17, 15) is 18.0 Å². The molecule has 0 aliphatic carbocycles.